The van der Waals surface area contributed by atoms with Crippen LogP contribution in [0.1, 0.15) is 16.2 Å². The third-order valence-electron chi connectivity index (χ3n) is 3.33. The summed E-state index contributed by atoms with van der Waals surface area (Å²) < 4.78 is 10.1. The van der Waals surface area contributed by atoms with Crippen molar-refractivity contribution < 1.29 is 18.7 Å². The standard InChI is InChI=1S/C18H13ClN2O4/c1-24-18(23)12-10-11(6-7-13(12)19)20-16(22)8-9-17-21-14-4-2-3-5-15(14)25-17/h2-10H,1H3,(H,20,22)/b9-8+. The minimum Gasteiger partial charge on any atom is -0.465 e. The van der Waals surface area contributed by atoms with Gasteiger partial charge in [-0.1, -0.05) is 23.7 Å². The maximum atomic E-state index is 12.0. The highest BCUT2D eigenvalue weighted by Gasteiger charge is 2.12. The second-order valence-electron chi connectivity index (χ2n) is 5.03. The van der Waals surface area contributed by atoms with E-state index >= 15 is 0 Å². The third kappa shape index (κ3) is 3.87. The number of para-hydroxylation sites is 2. The van der Waals surface area contributed by atoms with Crippen LogP contribution < -0.4 is 5.32 Å². The molecular weight excluding hydrogens is 344 g/mol. The number of aromatic nitrogens is 1. The van der Waals surface area contributed by atoms with Crippen LogP contribution in [0, 0.1) is 0 Å². The van der Waals surface area contributed by atoms with Gasteiger partial charge >= 0.3 is 5.97 Å². The average molecular weight is 357 g/mol. The van der Waals surface area contributed by atoms with E-state index in [0.29, 0.717) is 22.7 Å². The fraction of sp³-hybridized carbons (Fsp3) is 0.0556. The summed E-state index contributed by atoms with van der Waals surface area (Å²) in [6.07, 6.45) is 2.75. The van der Waals surface area contributed by atoms with Gasteiger partial charge in [-0.25, -0.2) is 9.78 Å². The van der Waals surface area contributed by atoms with E-state index in [-0.39, 0.29) is 10.6 Å². The molecule has 1 aromatic heterocycles. The number of halogens is 1. The minimum atomic E-state index is -0.580. The number of hydrogen-bond acceptors (Lipinski definition) is 5. The SMILES string of the molecule is COC(=O)c1cc(NC(=O)/C=C/c2nc3ccccc3o2)ccc1Cl. The fourth-order valence-electron chi connectivity index (χ4n) is 2.16. The molecular formula is C18H13ClN2O4. The zero-order chi connectivity index (χ0) is 17.8. The molecule has 0 aliphatic carbocycles. The Labute approximate surface area is 148 Å². The Kier molecular flexibility index (Phi) is 4.81. The number of esters is 1. The van der Waals surface area contributed by atoms with Crippen molar-refractivity contribution >= 4 is 46.3 Å². The number of carbonyl (C=O) groups is 2. The first-order valence-electron chi connectivity index (χ1n) is 7.29. The topological polar surface area (TPSA) is 81.4 Å². The van der Waals surface area contributed by atoms with Crippen molar-refractivity contribution in [1.82, 2.24) is 4.98 Å². The number of methoxy groups -OCH3 is 1. The van der Waals surface area contributed by atoms with E-state index in [1.807, 2.05) is 18.2 Å². The van der Waals surface area contributed by atoms with Crippen LogP contribution >= 0.6 is 11.6 Å². The van der Waals surface area contributed by atoms with Gasteiger partial charge in [0.15, 0.2) is 5.58 Å². The first-order chi connectivity index (χ1) is 12.1. The number of carbonyl (C=O) groups excluding carboxylic acids is 2. The number of fused-ring (bicyclic) bond motifs is 1. The second-order valence-corrected chi connectivity index (χ2v) is 5.44. The highest BCUT2D eigenvalue weighted by Crippen LogP contribution is 2.21. The van der Waals surface area contributed by atoms with Gasteiger partial charge < -0.3 is 14.5 Å². The number of benzene rings is 2. The monoisotopic (exact) mass is 356 g/mol. The Balaban J connectivity index is 1.72. The lowest BCUT2D eigenvalue weighted by Gasteiger charge is -2.06. The number of hydrogen-bond donors (Lipinski definition) is 1. The average Bonchev–Trinajstić information content (AvgIpc) is 3.04. The van der Waals surface area contributed by atoms with Crippen LogP contribution in [-0.2, 0) is 9.53 Å². The van der Waals surface area contributed by atoms with Gasteiger partial charge in [0, 0.05) is 17.8 Å². The van der Waals surface area contributed by atoms with Gasteiger partial charge in [0.1, 0.15) is 5.52 Å². The normalized spacial score (nSPS) is 11.0. The van der Waals surface area contributed by atoms with Gasteiger partial charge in [-0.2, -0.15) is 0 Å². The van der Waals surface area contributed by atoms with Crippen LogP contribution in [-0.4, -0.2) is 24.0 Å². The highest BCUT2D eigenvalue weighted by molar-refractivity contribution is 6.33. The maximum Gasteiger partial charge on any atom is 0.339 e. The molecule has 0 fully saturated rings. The fourth-order valence-corrected chi connectivity index (χ4v) is 2.36. The predicted octanol–water partition coefficient (Wildman–Crippen LogP) is 3.92. The smallest absolute Gasteiger partial charge is 0.339 e. The lowest BCUT2D eigenvalue weighted by atomic mass is 10.2. The van der Waals surface area contributed by atoms with Gasteiger partial charge in [-0.05, 0) is 30.3 Å². The van der Waals surface area contributed by atoms with Crippen LogP contribution in [0.2, 0.25) is 5.02 Å². The van der Waals surface area contributed by atoms with E-state index in [4.69, 9.17) is 16.0 Å². The van der Waals surface area contributed by atoms with E-state index in [1.54, 1.807) is 12.1 Å². The van der Waals surface area contributed by atoms with Crippen molar-refractivity contribution in [3.05, 3.63) is 65.0 Å². The summed E-state index contributed by atoms with van der Waals surface area (Å²) in [4.78, 5) is 27.9. The summed E-state index contributed by atoms with van der Waals surface area (Å²) in [5.74, 6) is -0.661. The van der Waals surface area contributed by atoms with Crippen LogP contribution in [0.3, 0.4) is 0 Å². The van der Waals surface area contributed by atoms with Gasteiger partial charge in [0.25, 0.3) is 0 Å². The Morgan fingerprint density at radius 1 is 1.24 bits per heavy atom. The summed E-state index contributed by atoms with van der Waals surface area (Å²) in [5, 5.41) is 2.87. The Bertz CT molecular complexity index is 945. The van der Waals surface area contributed by atoms with Gasteiger partial charge in [0.2, 0.25) is 11.8 Å². The molecule has 0 radical (unpaired) electrons. The Morgan fingerprint density at radius 3 is 2.80 bits per heavy atom. The molecule has 0 saturated carbocycles. The first-order valence-corrected chi connectivity index (χ1v) is 7.67. The Hall–Kier alpha value is -3.12. The lowest BCUT2D eigenvalue weighted by Crippen LogP contribution is -2.09. The van der Waals surface area contributed by atoms with Crippen LogP contribution in [0.25, 0.3) is 17.2 Å². The number of ether oxygens (including phenoxy) is 1. The summed E-state index contributed by atoms with van der Waals surface area (Å²) in [6.45, 7) is 0. The van der Waals surface area contributed by atoms with E-state index in [1.165, 1.54) is 31.4 Å². The number of amides is 1. The van der Waals surface area contributed by atoms with Gasteiger partial charge in [-0.15, -0.1) is 0 Å². The quantitative estimate of drug-likeness (QED) is 0.566. The van der Waals surface area contributed by atoms with Gasteiger partial charge in [0.05, 0.1) is 17.7 Å². The maximum absolute atomic E-state index is 12.0. The lowest BCUT2D eigenvalue weighted by molar-refractivity contribution is -0.111. The first kappa shape index (κ1) is 16.7. The molecule has 25 heavy (non-hydrogen) atoms. The molecule has 1 heterocycles. The largest absolute Gasteiger partial charge is 0.465 e. The molecule has 3 aromatic rings. The highest BCUT2D eigenvalue weighted by atomic mass is 35.5. The van der Waals surface area contributed by atoms with E-state index in [9.17, 15) is 9.59 Å². The molecule has 0 atom stereocenters. The van der Waals surface area contributed by atoms with E-state index in [2.05, 4.69) is 15.0 Å². The molecule has 0 aliphatic rings. The molecule has 0 unspecified atom stereocenters. The molecule has 2 aromatic carbocycles. The Morgan fingerprint density at radius 2 is 2.04 bits per heavy atom. The van der Waals surface area contributed by atoms with Crippen molar-refractivity contribution in [2.45, 2.75) is 0 Å². The molecule has 7 heteroatoms. The summed E-state index contributed by atoms with van der Waals surface area (Å²) in [6, 6.07) is 11.8. The van der Waals surface area contributed by atoms with Gasteiger partial charge in [-0.3, -0.25) is 4.79 Å². The molecule has 1 amide bonds. The zero-order valence-corrected chi connectivity index (χ0v) is 13.9. The number of rotatable bonds is 4. The van der Waals surface area contributed by atoms with Crippen molar-refractivity contribution in [3.8, 4) is 0 Å². The third-order valence-corrected chi connectivity index (χ3v) is 3.66. The van der Waals surface area contributed by atoms with Crippen LogP contribution in [0.15, 0.2) is 53.0 Å². The summed E-state index contributed by atoms with van der Waals surface area (Å²) in [5.41, 5.74) is 1.94. The molecule has 0 saturated heterocycles. The van der Waals surface area contributed by atoms with Crippen LogP contribution in [0.5, 0.6) is 0 Å². The van der Waals surface area contributed by atoms with Crippen molar-refractivity contribution in [1.29, 1.82) is 0 Å². The predicted molar refractivity (Wildman–Crippen MR) is 94.5 cm³/mol. The number of nitrogens with zero attached hydrogens (tertiary/aromatic N) is 1. The molecule has 0 aliphatic heterocycles. The van der Waals surface area contributed by atoms with Crippen LogP contribution in [0.4, 0.5) is 5.69 Å². The molecule has 0 bridgehead atoms. The van der Waals surface area contributed by atoms with Crippen molar-refractivity contribution in [2.24, 2.45) is 0 Å². The molecule has 6 nitrogen and oxygen atoms in total. The molecule has 126 valence electrons. The summed E-state index contributed by atoms with van der Waals surface area (Å²) >= 11 is 5.94. The number of oxazole rings is 1. The zero-order valence-electron chi connectivity index (χ0n) is 13.2. The van der Waals surface area contributed by atoms with E-state index in [0.717, 1.165) is 0 Å². The second kappa shape index (κ2) is 7.19. The molecule has 1 N–H and O–H groups in total. The van der Waals surface area contributed by atoms with E-state index < -0.39 is 11.9 Å². The number of nitrogens with one attached hydrogen (secondary N) is 1. The molecule has 0 spiro atoms. The number of anilines is 1. The summed E-state index contributed by atoms with van der Waals surface area (Å²) in [7, 11) is 1.26. The van der Waals surface area contributed by atoms with Crippen molar-refractivity contribution in [3.63, 3.8) is 0 Å². The van der Waals surface area contributed by atoms with Crippen molar-refractivity contribution in [2.75, 3.05) is 12.4 Å². The minimum absolute atomic E-state index is 0.171. The molecule has 3 rings (SSSR count).